The Morgan fingerprint density at radius 1 is 0.914 bits per heavy atom. The Morgan fingerprint density at radius 3 is 2.34 bits per heavy atom. The lowest BCUT2D eigenvalue weighted by molar-refractivity contribution is 0.0171. The van der Waals surface area contributed by atoms with Gasteiger partial charge in [0.05, 0.1) is 12.2 Å². The molecule has 2 aliphatic rings. The first-order valence-corrected chi connectivity index (χ1v) is 13.2. The summed E-state index contributed by atoms with van der Waals surface area (Å²) in [5, 5.41) is 24.5. The largest absolute Gasteiger partial charge is 0.388 e. The molecule has 1 unspecified atom stereocenters. The average molecular weight is 494 g/mol. The van der Waals surface area contributed by atoms with Crippen LogP contribution in [0.1, 0.15) is 22.5 Å². The molecule has 0 amide bonds. The zero-order valence-electron chi connectivity index (χ0n) is 19.5. The molecule has 1 fully saturated rings. The normalized spacial score (nSPS) is 23.9. The van der Waals surface area contributed by atoms with E-state index in [0.717, 1.165) is 25.0 Å². The second kappa shape index (κ2) is 10.9. The van der Waals surface area contributed by atoms with Gasteiger partial charge < -0.3 is 26.0 Å². The first-order chi connectivity index (χ1) is 17.0. The SMILES string of the molecule is Nc1nc(CC2O[C@H](CSCCc3ccccc3)[C@@H](O)[C@H]2O)nc(NC2Cc3ccccc3C2)n1. The van der Waals surface area contributed by atoms with Gasteiger partial charge in [0, 0.05) is 18.2 Å². The quantitative estimate of drug-likeness (QED) is 0.331. The van der Waals surface area contributed by atoms with Gasteiger partial charge in [-0.25, -0.2) is 0 Å². The van der Waals surface area contributed by atoms with E-state index in [1.165, 1.54) is 16.7 Å². The first kappa shape index (κ1) is 24.0. The van der Waals surface area contributed by atoms with Crippen molar-refractivity contribution >= 4 is 23.7 Å². The van der Waals surface area contributed by atoms with Crippen molar-refractivity contribution in [2.75, 3.05) is 22.6 Å². The van der Waals surface area contributed by atoms with Crippen LogP contribution in [0.3, 0.4) is 0 Å². The molecule has 0 spiro atoms. The van der Waals surface area contributed by atoms with Crippen molar-refractivity contribution in [1.29, 1.82) is 0 Å². The number of benzene rings is 2. The maximum Gasteiger partial charge on any atom is 0.227 e. The van der Waals surface area contributed by atoms with Crippen molar-refractivity contribution in [3.8, 4) is 0 Å². The molecule has 1 aliphatic carbocycles. The highest BCUT2D eigenvalue weighted by atomic mass is 32.2. The van der Waals surface area contributed by atoms with E-state index in [0.29, 0.717) is 17.5 Å². The van der Waals surface area contributed by atoms with E-state index >= 15 is 0 Å². The lowest BCUT2D eigenvalue weighted by Crippen LogP contribution is -2.34. The van der Waals surface area contributed by atoms with E-state index in [1.807, 2.05) is 18.2 Å². The second-order valence-corrected chi connectivity index (χ2v) is 10.3. The molecule has 35 heavy (non-hydrogen) atoms. The third kappa shape index (κ3) is 5.92. The van der Waals surface area contributed by atoms with Crippen LogP contribution in [0.25, 0.3) is 0 Å². The van der Waals surface area contributed by atoms with Crippen molar-refractivity contribution in [2.24, 2.45) is 0 Å². The lowest BCUT2D eigenvalue weighted by Gasteiger charge is -2.16. The van der Waals surface area contributed by atoms with Gasteiger partial charge in [0.15, 0.2) is 0 Å². The molecule has 0 saturated carbocycles. The van der Waals surface area contributed by atoms with Crippen LogP contribution in [0.5, 0.6) is 0 Å². The summed E-state index contributed by atoms with van der Waals surface area (Å²) < 4.78 is 6.02. The van der Waals surface area contributed by atoms with Crippen molar-refractivity contribution in [2.45, 2.75) is 56.1 Å². The van der Waals surface area contributed by atoms with Gasteiger partial charge in [-0.3, -0.25) is 0 Å². The van der Waals surface area contributed by atoms with Crippen molar-refractivity contribution in [3.63, 3.8) is 0 Å². The van der Waals surface area contributed by atoms with Crippen LogP contribution in [-0.2, 0) is 30.4 Å². The number of ether oxygens (including phenoxy) is 1. The summed E-state index contributed by atoms with van der Waals surface area (Å²) in [5.41, 5.74) is 9.89. The maximum absolute atomic E-state index is 10.6. The van der Waals surface area contributed by atoms with Crippen LogP contribution in [0.2, 0.25) is 0 Å². The molecular weight excluding hydrogens is 462 g/mol. The van der Waals surface area contributed by atoms with Gasteiger partial charge in [-0.2, -0.15) is 26.7 Å². The van der Waals surface area contributed by atoms with E-state index in [2.05, 4.69) is 56.7 Å². The molecular formula is C26H31N5O3S. The van der Waals surface area contributed by atoms with Crippen molar-refractivity contribution < 1.29 is 14.9 Å². The number of hydrogen-bond acceptors (Lipinski definition) is 9. The number of rotatable bonds is 9. The van der Waals surface area contributed by atoms with Gasteiger partial charge in [-0.05, 0) is 41.7 Å². The summed E-state index contributed by atoms with van der Waals surface area (Å²) in [5.74, 6) is 2.50. The number of nitrogens with one attached hydrogen (secondary N) is 1. The number of hydrogen-bond donors (Lipinski definition) is 4. The highest BCUT2D eigenvalue weighted by molar-refractivity contribution is 7.99. The van der Waals surface area contributed by atoms with E-state index in [1.54, 1.807) is 11.8 Å². The number of fused-ring (bicyclic) bond motifs is 1. The Hall–Kier alpha value is -2.72. The fourth-order valence-corrected chi connectivity index (χ4v) is 5.84. The second-order valence-electron chi connectivity index (χ2n) is 9.16. The first-order valence-electron chi connectivity index (χ1n) is 12.0. The van der Waals surface area contributed by atoms with Crippen molar-refractivity contribution in [1.82, 2.24) is 15.0 Å². The van der Waals surface area contributed by atoms with Gasteiger partial charge in [0.1, 0.15) is 18.0 Å². The molecule has 184 valence electrons. The third-order valence-electron chi connectivity index (χ3n) is 6.59. The topological polar surface area (TPSA) is 126 Å². The van der Waals surface area contributed by atoms with Crippen LogP contribution in [0.4, 0.5) is 11.9 Å². The summed E-state index contributed by atoms with van der Waals surface area (Å²) in [4.78, 5) is 13.0. The number of thioether (sulfide) groups is 1. The standard InChI is InChI=1S/C26H31N5O3S/c27-25-29-22(30-26(31-25)28-19-12-17-8-4-5-9-18(17)13-19)14-20-23(32)24(33)21(34-20)15-35-11-10-16-6-2-1-3-7-16/h1-9,19-21,23-24,32-33H,10-15H2,(H3,27,28,29,30,31)/t20?,21-,23+,24-/m1/s1. The molecule has 0 bridgehead atoms. The number of nitrogens with two attached hydrogens (primary N) is 1. The Kier molecular flexibility index (Phi) is 7.48. The minimum absolute atomic E-state index is 0.120. The molecule has 5 N–H and O–H groups in total. The summed E-state index contributed by atoms with van der Waals surface area (Å²) in [6, 6.07) is 18.9. The zero-order chi connectivity index (χ0) is 24.2. The van der Waals surface area contributed by atoms with E-state index in [-0.39, 0.29) is 18.4 Å². The smallest absolute Gasteiger partial charge is 0.227 e. The highest BCUT2D eigenvalue weighted by Crippen LogP contribution is 2.27. The number of nitrogens with zero attached hydrogens (tertiary/aromatic N) is 3. The molecule has 5 rings (SSSR count). The van der Waals surface area contributed by atoms with Crippen LogP contribution in [0, 0.1) is 0 Å². The maximum atomic E-state index is 10.6. The number of aryl methyl sites for hydroxylation is 1. The van der Waals surface area contributed by atoms with E-state index < -0.39 is 24.4 Å². The van der Waals surface area contributed by atoms with Crippen LogP contribution in [0.15, 0.2) is 54.6 Å². The van der Waals surface area contributed by atoms with E-state index in [4.69, 9.17) is 10.5 Å². The fraction of sp³-hybridized carbons (Fsp3) is 0.423. The van der Waals surface area contributed by atoms with Crippen LogP contribution >= 0.6 is 11.8 Å². The Bertz CT molecular complexity index is 1110. The zero-order valence-corrected chi connectivity index (χ0v) is 20.3. The molecule has 8 nitrogen and oxygen atoms in total. The van der Waals surface area contributed by atoms with Gasteiger partial charge in [-0.15, -0.1) is 0 Å². The van der Waals surface area contributed by atoms with Gasteiger partial charge in [0.2, 0.25) is 11.9 Å². The van der Waals surface area contributed by atoms with Crippen LogP contribution in [-0.4, -0.2) is 67.1 Å². The predicted octanol–water partition coefficient (Wildman–Crippen LogP) is 2.04. The highest BCUT2D eigenvalue weighted by Gasteiger charge is 2.42. The molecule has 3 aromatic rings. The molecule has 2 aromatic carbocycles. The summed E-state index contributed by atoms with van der Waals surface area (Å²) in [6.45, 7) is 0. The number of aromatic nitrogens is 3. The third-order valence-corrected chi connectivity index (χ3v) is 7.65. The molecule has 2 heterocycles. The summed E-state index contributed by atoms with van der Waals surface area (Å²) in [6.07, 6.45) is 0.00238. The minimum Gasteiger partial charge on any atom is -0.388 e. The summed E-state index contributed by atoms with van der Waals surface area (Å²) in [7, 11) is 0. The average Bonchev–Trinajstić information content (AvgIpc) is 3.37. The Morgan fingerprint density at radius 2 is 1.60 bits per heavy atom. The monoisotopic (exact) mass is 493 g/mol. The Labute approximate surface area is 209 Å². The Balaban J connectivity index is 1.15. The summed E-state index contributed by atoms with van der Waals surface area (Å²) >= 11 is 1.71. The molecule has 9 heteroatoms. The number of nitrogen functional groups attached to an aromatic ring is 1. The van der Waals surface area contributed by atoms with Crippen molar-refractivity contribution in [3.05, 3.63) is 77.1 Å². The predicted molar refractivity (Wildman–Crippen MR) is 137 cm³/mol. The molecule has 1 saturated heterocycles. The molecule has 1 aromatic heterocycles. The van der Waals surface area contributed by atoms with Gasteiger partial charge in [-0.1, -0.05) is 54.6 Å². The fourth-order valence-electron chi connectivity index (χ4n) is 4.78. The molecule has 4 atom stereocenters. The number of aliphatic hydroxyl groups is 2. The molecule has 1 aliphatic heterocycles. The molecule has 0 radical (unpaired) electrons. The number of aliphatic hydroxyl groups excluding tert-OH is 2. The number of anilines is 2. The minimum atomic E-state index is -1.01. The van der Waals surface area contributed by atoms with E-state index in [9.17, 15) is 10.2 Å². The van der Waals surface area contributed by atoms with Gasteiger partial charge >= 0.3 is 0 Å². The lowest BCUT2D eigenvalue weighted by atomic mass is 10.1. The van der Waals surface area contributed by atoms with Crippen LogP contribution < -0.4 is 11.1 Å². The van der Waals surface area contributed by atoms with Gasteiger partial charge in [0.25, 0.3) is 0 Å².